The first-order valence-corrected chi connectivity index (χ1v) is 7.89. The Balaban J connectivity index is 1.31. The number of nitrogens with one attached hydrogen (secondary N) is 2. The first kappa shape index (κ1) is 15.3. The van der Waals surface area contributed by atoms with Crippen molar-refractivity contribution < 1.29 is 14.3 Å². The fourth-order valence-electron chi connectivity index (χ4n) is 2.69. The Kier molecular flexibility index (Phi) is 3.85. The lowest BCUT2D eigenvalue weighted by molar-refractivity contribution is -0.121. The predicted molar refractivity (Wildman–Crippen MR) is 91.6 cm³/mol. The van der Waals surface area contributed by atoms with Crippen LogP contribution in [0.15, 0.2) is 36.1 Å². The summed E-state index contributed by atoms with van der Waals surface area (Å²) in [6, 6.07) is 5.63. The van der Waals surface area contributed by atoms with Crippen molar-refractivity contribution in [3.8, 4) is 11.5 Å². The van der Waals surface area contributed by atoms with Gasteiger partial charge in [0.2, 0.25) is 12.7 Å². The van der Waals surface area contributed by atoms with Crippen molar-refractivity contribution in [2.24, 2.45) is 4.99 Å². The molecule has 2 aliphatic heterocycles. The Bertz CT molecular complexity index is 871. The fourth-order valence-corrected chi connectivity index (χ4v) is 2.69. The van der Waals surface area contributed by atoms with Gasteiger partial charge in [-0.05, 0) is 17.7 Å². The van der Waals surface area contributed by atoms with E-state index >= 15 is 0 Å². The summed E-state index contributed by atoms with van der Waals surface area (Å²) in [5.74, 6) is 2.12. The number of fused-ring (bicyclic) bond motifs is 2. The summed E-state index contributed by atoms with van der Waals surface area (Å²) in [5.41, 5.74) is 2.38. The maximum atomic E-state index is 12.1. The number of aryl methyl sites for hydroxylation is 1. The summed E-state index contributed by atoms with van der Waals surface area (Å²) in [4.78, 5) is 20.6. The van der Waals surface area contributed by atoms with Gasteiger partial charge in [-0.2, -0.15) is 0 Å². The second-order valence-corrected chi connectivity index (χ2v) is 5.71. The van der Waals surface area contributed by atoms with Gasteiger partial charge in [-0.15, -0.1) is 0 Å². The lowest BCUT2D eigenvalue weighted by atomic mass is 10.2. The summed E-state index contributed by atoms with van der Waals surface area (Å²) in [6.07, 6.45) is 3.58. The monoisotopic (exact) mass is 339 g/mol. The van der Waals surface area contributed by atoms with Crippen molar-refractivity contribution in [1.29, 1.82) is 0 Å². The lowest BCUT2D eigenvalue weighted by Gasteiger charge is -2.11. The highest BCUT2D eigenvalue weighted by Crippen LogP contribution is 2.32. The zero-order valence-corrected chi connectivity index (χ0v) is 13.5. The van der Waals surface area contributed by atoms with Crippen LogP contribution in [-0.4, -0.2) is 28.6 Å². The smallest absolute Gasteiger partial charge is 0.231 e. The highest BCUT2D eigenvalue weighted by atomic mass is 16.7. The summed E-state index contributed by atoms with van der Waals surface area (Å²) in [6.45, 7) is 5.06. The highest BCUT2D eigenvalue weighted by Gasteiger charge is 2.16. The molecular weight excluding hydrogens is 322 g/mol. The van der Waals surface area contributed by atoms with E-state index in [4.69, 9.17) is 9.47 Å². The van der Waals surface area contributed by atoms with Crippen LogP contribution in [0.5, 0.6) is 11.5 Å². The molecule has 25 heavy (non-hydrogen) atoms. The molecule has 1 aromatic heterocycles. The van der Waals surface area contributed by atoms with Crippen LogP contribution in [0, 0.1) is 0 Å². The average molecular weight is 339 g/mol. The van der Waals surface area contributed by atoms with Gasteiger partial charge >= 0.3 is 0 Å². The standard InChI is InChI=1S/C17H17N5O3/c1-11-16-17(20-8-19-11)22(9-21-16)5-4-15(23)18-7-12-2-3-13-14(6-12)25-10-24-13/h2-3,6,8-9H,1,4-5,7,10H2,(H,18,23)(H,19,20). The number of carbonyl (C=O) groups excluding carboxylic acids is 1. The first-order chi connectivity index (χ1) is 12.2. The Labute approximate surface area is 144 Å². The molecule has 4 rings (SSSR count). The van der Waals surface area contributed by atoms with Gasteiger partial charge in [-0.25, -0.2) is 9.98 Å². The second kappa shape index (κ2) is 6.31. The van der Waals surface area contributed by atoms with Crippen LogP contribution in [0.2, 0.25) is 0 Å². The highest BCUT2D eigenvalue weighted by molar-refractivity contribution is 5.83. The summed E-state index contributed by atoms with van der Waals surface area (Å²) < 4.78 is 12.4. The first-order valence-electron chi connectivity index (χ1n) is 7.89. The molecule has 0 aliphatic carbocycles. The normalized spacial score (nSPS) is 14.2. The lowest BCUT2D eigenvalue weighted by Crippen LogP contribution is -2.24. The molecule has 0 bridgehead atoms. The zero-order chi connectivity index (χ0) is 17.2. The van der Waals surface area contributed by atoms with Crippen molar-refractivity contribution in [1.82, 2.24) is 20.2 Å². The van der Waals surface area contributed by atoms with Gasteiger partial charge in [0.25, 0.3) is 0 Å². The minimum atomic E-state index is -0.0446. The number of rotatable bonds is 5. The van der Waals surface area contributed by atoms with Crippen molar-refractivity contribution in [2.75, 3.05) is 6.79 Å². The van der Waals surface area contributed by atoms with Crippen LogP contribution in [0.25, 0.3) is 5.70 Å². The molecule has 0 saturated heterocycles. The molecule has 0 unspecified atom stereocenters. The van der Waals surface area contributed by atoms with Crippen molar-refractivity contribution in [3.05, 3.63) is 42.4 Å². The Hall–Kier alpha value is -3.29. The van der Waals surface area contributed by atoms with E-state index in [2.05, 4.69) is 27.2 Å². The van der Waals surface area contributed by atoms with E-state index in [1.807, 2.05) is 22.8 Å². The van der Waals surface area contributed by atoms with Crippen LogP contribution in [0.4, 0.5) is 5.82 Å². The number of hydrogen-bond donors (Lipinski definition) is 2. The van der Waals surface area contributed by atoms with Crippen molar-refractivity contribution >= 4 is 23.8 Å². The van der Waals surface area contributed by atoms with E-state index in [1.54, 1.807) is 12.7 Å². The van der Waals surface area contributed by atoms with E-state index in [0.29, 0.717) is 42.5 Å². The molecule has 1 amide bonds. The number of benzene rings is 1. The maximum absolute atomic E-state index is 12.1. The van der Waals surface area contributed by atoms with Crippen molar-refractivity contribution in [2.45, 2.75) is 19.5 Å². The molecule has 0 atom stereocenters. The molecule has 128 valence electrons. The van der Waals surface area contributed by atoms with Gasteiger partial charge in [0, 0.05) is 19.5 Å². The predicted octanol–water partition coefficient (Wildman–Crippen LogP) is 1.55. The van der Waals surface area contributed by atoms with Gasteiger partial charge in [0.1, 0.15) is 5.69 Å². The van der Waals surface area contributed by atoms with Crippen molar-refractivity contribution in [3.63, 3.8) is 0 Å². The van der Waals surface area contributed by atoms with Gasteiger partial charge in [0.05, 0.1) is 18.4 Å². The maximum Gasteiger partial charge on any atom is 0.231 e. The molecule has 1 aromatic carbocycles. The number of carbonyl (C=O) groups is 1. The van der Waals surface area contributed by atoms with Gasteiger partial charge in [-0.1, -0.05) is 12.6 Å². The number of amides is 1. The summed E-state index contributed by atoms with van der Waals surface area (Å²) in [5, 5.41) is 5.82. The second-order valence-electron chi connectivity index (χ2n) is 5.71. The zero-order valence-electron chi connectivity index (χ0n) is 13.5. The van der Waals surface area contributed by atoms with Crippen LogP contribution >= 0.6 is 0 Å². The quantitative estimate of drug-likeness (QED) is 0.863. The van der Waals surface area contributed by atoms with Gasteiger partial charge in [-0.3, -0.25) is 4.79 Å². The minimum absolute atomic E-state index is 0.0446. The van der Waals surface area contributed by atoms with Crippen LogP contribution < -0.4 is 20.1 Å². The number of hydrogen-bond acceptors (Lipinski definition) is 6. The Morgan fingerprint density at radius 1 is 1.36 bits per heavy atom. The number of aliphatic imine (C=N–C) groups is 1. The van der Waals surface area contributed by atoms with E-state index in [0.717, 1.165) is 11.3 Å². The van der Waals surface area contributed by atoms with E-state index in [-0.39, 0.29) is 12.7 Å². The molecule has 8 heteroatoms. The Morgan fingerprint density at radius 3 is 3.16 bits per heavy atom. The minimum Gasteiger partial charge on any atom is -0.454 e. The molecular formula is C17H17N5O3. The van der Waals surface area contributed by atoms with E-state index < -0.39 is 0 Å². The van der Waals surface area contributed by atoms with Gasteiger partial charge in [0.15, 0.2) is 17.3 Å². The van der Waals surface area contributed by atoms with E-state index in [1.165, 1.54) is 0 Å². The van der Waals surface area contributed by atoms with Crippen LogP contribution in [-0.2, 0) is 17.9 Å². The molecule has 0 saturated carbocycles. The van der Waals surface area contributed by atoms with Crippen LogP contribution in [0.1, 0.15) is 17.7 Å². The SMILES string of the molecule is C=C1NC=Nc2c1ncn2CCC(=O)NCc1ccc2c(c1)OCO2. The molecule has 2 N–H and O–H groups in total. The number of ether oxygens (including phenoxy) is 2. The molecule has 8 nitrogen and oxygen atoms in total. The van der Waals surface area contributed by atoms with Crippen LogP contribution in [0.3, 0.4) is 0 Å². The Morgan fingerprint density at radius 2 is 2.24 bits per heavy atom. The molecule has 2 aromatic rings. The van der Waals surface area contributed by atoms with Gasteiger partial charge < -0.3 is 24.7 Å². The molecule has 2 aliphatic rings. The fraction of sp³-hybridized carbons (Fsp3) is 0.235. The topological polar surface area (TPSA) is 89.8 Å². The molecule has 0 spiro atoms. The number of aromatic nitrogens is 2. The molecule has 3 heterocycles. The number of nitrogens with zero attached hydrogens (tertiary/aromatic N) is 3. The third-order valence-electron chi connectivity index (χ3n) is 4.03. The molecule has 0 fully saturated rings. The molecule has 0 radical (unpaired) electrons. The summed E-state index contributed by atoms with van der Waals surface area (Å²) >= 11 is 0. The number of imidazole rings is 1. The van der Waals surface area contributed by atoms with E-state index in [9.17, 15) is 4.79 Å². The summed E-state index contributed by atoms with van der Waals surface area (Å²) in [7, 11) is 0. The largest absolute Gasteiger partial charge is 0.454 e. The average Bonchev–Trinajstić information content (AvgIpc) is 3.25. The third-order valence-corrected chi connectivity index (χ3v) is 4.03. The third kappa shape index (κ3) is 3.06.